The SMILES string of the molecule is Cc1cnc(NC(=O)CCCOc2ccccc2)s1.Cc1sc2c(c1C)C(c1ccc(Cl)cc1)=N[C@@H](CC(=O)OC(C)(C)C)c1nnc(C)n1-2. The quantitative estimate of drug-likeness (QED) is 0.119. The van der Waals surface area contributed by atoms with E-state index < -0.39 is 11.6 Å². The molecule has 6 rings (SSSR count). The fourth-order valence-electron chi connectivity index (χ4n) is 5.21. The summed E-state index contributed by atoms with van der Waals surface area (Å²) in [5.41, 5.74) is 3.40. The molecule has 262 valence electrons. The maximum atomic E-state index is 12.7. The van der Waals surface area contributed by atoms with Crippen LogP contribution in [0.3, 0.4) is 0 Å². The third-order valence-corrected chi connectivity index (χ3v) is 9.84. The molecule has 0 saturated heterocycles. The van der Waals surface area contributed by atoms with Gasteiger partial charge in [0.25, 0.3) is 0 Å². The van der Waals surface area contributed by atoms with E-state index >= 15 is 0 Å². The number of aliphatic imine (C=N–C) groups is 1. The van der Waals surface area contributed by atoms with Gasteiger partial charge in [0.1, 0.15) is 28.2 Å². The first-order valence-electron chi connectivity index (χ1n) is 16.3. The van der Waals surface area contributed by atoms with Crippen molar-refractivity contribution in [2.75, 3.05) is 11.9 Å². The molecular weight excluding hydrogens is 692 g/mol. The molecule has 1 aliphatic heterocycles. The third kappa shape index (κ3) is 9.43. The predicted molar refractivity (Wildman–Crippen MR) is 200 cm³/mol. The van der Waals surface area contributed by atoms with E-state index in [1.54, 1.807) is 17.5 Å². The summed E-state index contributed by atoms with van der Waals surface area (Å²) in [7, 11) is 0. The Morgan fingerprint density at radius 1 is 0.980 bits per heavy atom. The molecular formula is C37H41ClN6O4S2. The molecule has 10 nitrogen and oxygen atoms in total. The van der Waals surface area contributed by atoms with Gasteiger partial charge in [-0.1, -0.05) is 41.9 Å². The molecule has 4 heterocycles. The molecule has 1 atom stereocenters. The van der Waals surface area contributed by atoms with Crippen LogP contribution < -0.4 is 10.1 Å². The van der Waals surface area contributed by atoms with Crippen molar-refractivity contribution in [3.8, 4) is 10.8 Å². The standard InChI is InChI=1S/C23H25ClN4O2S.C14H16N2O2S/c1-12-13(2)31-22-19(12)20(15-7-9-16(24)10-8-15)25-17(11-18(29)30-23(4,5)6)21-27-26-14(3)28(21)22;1-11-10-15-14(19-11)16-13(17)8-5-9-18-12-6-3-2-4-7-12/h7-10,17H,11H2,1-6H3;2-4,6-7,10H,5,8-9H2,1H3,(H,15,16,17)/t17-;/m0./s1. The highest BCUT2D eigenvalue weighted by molar-refractivity contribution is 7.15. The number of benzene rings is 2. The fourth-order valence-corrected chi connectivity index (χ4v) is 7.23. The number of esters is 1. The summed E-state index contributed by atoms with van der Waals surface area (Å²) in [4.78, 5) is 35.8. The summed E-state index contributed by atoms with van der Waals surface area (Å²) in [6.07, 6.45) is 2.95. The van der Waals surface area contributed by atoms with Crippen molar-refractivity contribution < 1.29 is 19.1 Å². The lowest BCUT2D eigenvalue weighted by atomic mass is 9.99. The van der Waals surface area contributed by atoms with Gasteiger partial charge in [-0.3, -0.25) is 19.1 Å². The van der Waals surface area contributed by atoms with Crippen LogP contribution in [-0.4, -0.2) is 49.5 Å². The van der Waals surface area contributed by atoms with Gasteiger partial charge in [-0.25, -0.2) is 4.98 Å². The smallest absolute Gasteiger partial charge is 0.308 e. The van der Waals surface area contributed by atoms with Gasteiger partial charge in [-0.05, 0) is 84.7 Å². The predicted octanol–water partition coefficient (Wildman–Crippen LogP) is 8.78. The summed E-state index contributed by atoms with van der Waals surface area (Å²) in [6, 6.07) is 16.7. The van der Waals surface area contributed by atoms with E-state index in [1.807, 2.05) is 93.8 Å². The number of anilines is 1. The lowest BCUT2D eigenvalue weighted by Crippen LogP contribution is -2.25. The van der Waals surface area contributed by atoms with Crippen LogP contribution in [0.25, 0.3) is 5.00 Å². The van der Waals surface area contributed by atoms with Crippen LogP contribution in [0.4, 0.5) is 5.13 Å². The van der Waals surface area contributed by atoms with Crippen molar-refractivity contribution in [2.45, 2.75) is 79.4 Å². The number of rotatable bonds is 9. The van der Waals surface area contributed by atoms with Crippen LogP contribution in [0.5, 0.6) is 5.75 Å². The number of amides is 1. The van der Waals surface area contributed by atoms with Crippen molar-refractivity contribution in [1.29, 1.82) is 0 Å². The molecule has 1 aliphatic rings. The van der Waals surface area contributed by atoms with Crippen molar-refractivity contribution in [3.05, 3.63) is 104 Å². The molecule has 0 radical (unpaired) electrons. The Morgan fingerprint density at radius 3 is 2.36 bits per heavy atom. The second-order valence-corrected chi connectivity index (χ2v) is 15.7. The lowest BCUT2D eigenvalue weighted by molar-refractivity contribution is -0.155. The zero-order chi connectivity index (χ0) is 36.0. The van der Waals surface area contributed by atoms with E-state index in [-0.39, 0.29) is 18.3 Å². The number of thiazole rings is 1. The van der Waals surface area contributed by atoms with Crippen molar-refractivity contribution >= 4 is 57.0 Å². The average Bonchev–Trinajstić information content (AvgIpc) is 3.71. The van der Waals surface area contributed by atoms with Crippen LogP contribution >= 0.6 is 34.3 Å². The fraction of sp³-hybridized carbons (Fsp3) is 0.351. The minimum Gasteiger partial charge on any atom is -0.494 e. The third-order valence-electron chi connectivity index (χ3n) is 7.56. The highest BCUT2D eigenvalue weighted by Crippen LogP contribution is 2.39. The molecule has 1 amide bonds. The number of aryl methyl sites for hydroxylation is 3. The van der Waals surface area contributed by atoms with E-state index in [9.17, 15) is 9.59 Å². The maximum absolute atomic E-state index is 12.7. The lowest BCUT2D eigenvalue weighted by Gasteiger charge is -2.21. The number of hydrogen-bond acceptors (Lipinski definition) is 10. The number of carbonyl (C=O) groups is 2. The maximum Gasteiger partial charge on any atom is 0.308 e. The molecule has 13 heteroatoms. The monoisotopic (exact) mass is 732 g/mol. The number of nitrogens with one attached hydrogen (secondary N) is 1. The van der Waals surface area contributed by atoms with Crippen LogP contribution in [0.1, 0.15) is 84.2 Å². The van der Waals surface area contributed by atoms with E-state index in [0.717, 1.165) is 43.9 Å². The highest BCUT2D eigenvalue weighted by atomic mass is 35.5. The summed E-state index contributed by atoms with van der Waals surface area (Å²) in [5, 5.41) is 13.8. The minimum absolute atomic E-state index is 0.0222. The van der Waals surface area contributed by atoms with Gasteiger partial charge in [0.2, 0.25) is 5.91 Å². The van der Waals surface area contributed by atoms with E-state index in [1.165, 1.54) is 16.2 Å². The molecule has 3 aromatic heterocycles. The Hall–Kier alpha value is -4.39. The summed E-state index contributed by atoms with van der Waals surface area (Å²) in [6.45, 7) is 14.2. The summed E-state index contributed by atoms with van der Waals surface area (Å²) >= 11 is 9.29. The largest absolute Gasteiger partial charge is 0.494 e. The number of halogens is 1. The van der Waals surface area contributed by atoms with Gasteiger partial charge < -0.3 is 14.8 Å². The van der Waals surface area contributed by atoms with Gasteiger partial charge >= 0.3 is 5.97 Å². The normalized spacial score (nSPS) is 13.6. The molecule has 5 aromatic rings. The number of fused-ring (bicyclic) bond motifs is 3. The number of ether oxygens (including phenoxy) is 2. The van der Waals surface area contributed by atoms with Gasteiger partial charge in [0.15, 0.2) is 11.0 Å². The minimum atomic E-state index is -0.569. The first-order valence-corrected chi connectivity index (χ1v) is 18.3. The van der Waals surface area contributed by atoms with Gasteiger partial charge in [-0.2, -0.15) is 0 Å². The van der Waals surface area contributed by atoms with E-state index in [2.05, 4.69) is 34.3 Å². The topological polar surface area (TPSA) is 121 Å². The number of hydrogen-bond donors (Lipinski definition) is 1. The van der Waals surface area contributed by atoms with E-state index in [4.69, 9.17) is 26.1 Å². The zero-order valence-corrected chi connectivity index (χ0v) is 31.6. The zero-order valence-electron chi connectivity index (χ0n) is 29.2. The second-order valence-electron chi connectivity index (χ2n) is 12.8. The number of aromatic nitrogens is 4. The number of carbonyl (C=O) groups excluding carboxylic acids is 2. The molecule has 50 heavy (non-hydrogen) atoms. The summed E-state index contributed by atoms with van der Waals surface area (Å²) in [5.74, 6) is 1.90. The average molecular weight is 733 g/mol. The molecule has 0 saturated carbocycles. The molecule has 0 fully saturated rings. The Morgan fingerprint density at radius 2 is 1.70 bits per heavy atom. The second kappa shape index (κ2) is 16.1. The van der Waals surface area contributed by atoms with Crippen LogP contribution in [0.2, 0.25) is 5.02 Å². The number of para-hydroxylation sites is 1. The molecule has 0 aliphatic carbocycles. The van der Waals surface area contributed by atoms with Crippen LogP contribution in [0, 0.1) is 27.7 Å². The van der Waals surface area contributed by atoms with Crippen LogP contribution in [-0.2, 0) is 14.3 Å². The Labute approximate surface area is 305 Å². The number of thiophene rings is 1. The highest BCUT2D eigenvalue weighted by Gasteiger charge is 2.33. The Balaban J connectivity index is 0.000000219. The first kappa shape index (κ1) is 36.9. The molecule has 2 aromatic carbocycles. The van der Waals surface area contributed by atoms with Gasteiger partial charge in [-0.15, -0.1) is 32.9 Å². The Bertz CT molecular complexity index is 1980. The molecule has 1 N–H and O–H groups in total. The van der Waals surface area contributed by atoms with Crippen molar-refractivity contribution in [3.63, 3.8) is 0 Å². The first-order chi connectivity index (χ1) is 23.8. The van der Waals surface area contributed by atoms with Gasteiger partial charge in [0, 0.05) is 38.5 Å². The van der Waals surface area contributed by atoms with Gasteiger partial charge in [0.05, 0.1) is 18.7 Å². The van der Waals surface area contributed by atoms with Crippen molar-refractivity contribution in [1.82, 2.24) is 19.7 Å². The van der Waals surface area contributed by atoms with E-state index in [0.29, 0.717) is 35.4 Å². The molecule has 0 unspecified atom stereocenters. The Kier molecular flexibility index (Phi) is 11.9. The summed E-state index contributed by atoms with van der Waals surface area (Å²) < 4.78 is 13.1. The molecule has 0 bridgehead atoms. The van der Waals surface area contributed by atoms with Crippen LogP contribution in [0.15, 0.2) is 65.8 Å². The number of nitrogens with zero attached hydrogens (tertiary/aromatic N) is 5. The van der Waals surface area contributed by atoms with Crippen molar-refractivity contribution in [2.24, 2.45) is 4.99 Å². The molecule has 0 spiro atoms.